The van der Waals surface area contributed by atoms with Gasteiger partial charge in [0.25, 0.3) is 11.7 Å². The third-order valence-electron chi connectivity index (χ3n) is 2.18. The standard InChI is InChI=1S/C11H12N4O2/c1-7-2-4-8(5-3-7)13-6-9-14-11(10(12)16)15-17-9/h2-5,13H,6H2,1H3,(H2,12,16). The molecule has 2 rings (SSSR count). The molecule has 0 bridgehead atoms. The lowest BCUT2D eigenvalue weighted by atomic mass is 10.2. The minimum absolute atomic E-state index is 0.106. The van der Waals surface area contributed by atoms with Crippen molar-refractivity contribution in [2.75, 3.05) is 5.32 Å². The van der Waals surface area contributed by atoms with Crippen molar-refractivity contribution < 1.29 is 9.32 Å². The number of carbonyl (C=O) groups is 1. The van der Waals surface area contributed by atoms with Gasteiger partial charge < -0.3 is 15.6 Å². The lowest BCUT2D eigenvalue weighted by Gasteiger charge is -2.02. The highest BCUT2D eigenvalue weighted by Crippen LogP contribution is 2.09. The van der Waals surface area contributed by atoms with E-state index in [2.05, 4.69) is 15.5 Å². The highest BCUT2D eigenvalue weighted by molar-refractivity contribution is 5.88. The van der Waals surface area contributed by atoms with Gasteiger partial charge in [0, 0.05) is 5.69 Å². The van der Waals surface area contributed by atoms with Gasteiger partial charge >= 0.3 is 0 Å². The molecule has 17 heavy (non-hydrogen) atoms. The van der Waals surface area contributed by atoms with Gasteiger partial charge in [-0.1, -0.05) is 22.9 Å². The van der Waals surface area contributed by atoms with Crippen LogP contribution in [0.2, 0.25) is 0 Å². The number of hydrogen-bond acceptors (Lipinski definition) is 5. The van der Waals surface area contributed by atoms with Crippen molar-refractivity contribution in [2.45, 2.75) is 13.5 Å². The Hall–Kier alpha value is -2.37. The monoisotopic (exact) mass is 232 g/mol. The Balaban J connectivity index is 1.97. The lowest BCUT2D eigenvalue weighted by molar-refractivity contribution is 0.0987. The van der Waals surface area contributed by atoms with E-state index in [0.29, 0.717) is 12.4 Å². The molecule has 6 heteroatoms. The summed E-state index contributed by atoms with van der Waals surface area (Å²) in [5.74, 6) is -0.486. The molecule has 1 aromatic heterocycles. The average Bonchev–Trinajstić information content (AvgIpc) is 2.77. The molecule has 1 aromatic carbocycles. The number of amides is 1. The van der Waals surface area contributed by atoms with Crippen LogP contribution in [0.5, 0.6) is 0 Å². The Bertz CT molecular complexity index is 519. The zero-order valence-electron chi connectivity index (χ0n) is 9.30. The number of carbonyl (C=O) groups excluding carboxylic acids is 1. The molecule has 0 unspecified atom stereocenters. The van der Waals surface area contributed by atoms with Gasteiger partial charge in [-0.25, -0.2) is 0 Å². The van der Waals surface area contributed by atoms with E-state index in [1.165, 1.54) is 5.56 Å². The third kappa shape index (κ3) is 2.81. The van der Waals surface area contributed by atoms with Crippen molar-refractivity contribution in [2.24, 2.45) is 5.73 Å². The van der Waals surface area contributed by atoms with Crippen molar-refractivity contribution in [3.63, 3.8) is 0 Å². The summed E-state index contributed by atoms with van der Waals surface area (Å²) < 4.78 is 4.85. The normalized spacial score (nSPS) is 10.2. The predicted octanol–water partition coefficient (Wildman–Crippen LogP) is 1.09. The van der Waals surface area contributed by atoms with Gasteiger partial charge in [-0.15, -0.1) is 0 Å². The summed E-state index contributed by atoms with van der Waals surface area (Å²) in [6.07, 6.45) is 0. The van der Waals surface area contributed by atoms with Crippen LogP contribution in [0, 0.1) is 6.92 Å². The first kappa shape index (κ1) is 11.1. The van der Waals surface area contributed by atoms with Crippen molar-refractivity contribution in [1.82, 2.24) is 10.1 Å². The molecule has 0 fully saturated rings. The predicted molar refractivity (Wildman–Crippen MR) is 61.3 cm³/mol. The second-order valence-corrected chi connectivity index (χ2v) is 3.60. The van der Waals surface area contributed by atoms with Crippen LogP contribution in [0.3, 0.4) is 0 Å². The zero-order valence-corrected chi connectivity index (χ0v) is 9.30. The van der Waals surface area contributed by atoms with E-state index in [0.717, 1.165) is 5.69 Å². The van der Waals surface area contributed by atoms with E-state index >= 15 is 0 Å². The number of hydrogen-bond donors (Lipinski definition) is 2. The number of anilines is 1. The van der Waals surface area contributed by atoms with Crippen LogP contribution in [-0.4, -0.2) is 16.0 Å². The van der Waals surface area contributed by atoms with Gasteiger partial charge in [0.1, 0.15) is 0 Å². The van der Waals surface area contributed by atoms with Crippen LogP contribution >= 0.6 is 0 Å². The third-order valence-corrected chi connectivity index (χ3v) is 2.18. The summed E-state index contributed by atoms with van der Waals surface area (Å²) in [6.45, 7) is 2.37. The molecule has 88 valence electrons. The maximum absolute atomic E-state index is 10.7. The first-order valence-electron chi connectivity index (χ1n) is 5.08. The van der Waals surface area contributed by atoms with Gasteiger partial charge in [0.2, 0.25) is 5.89 Å². The molecule has 1 amide bonds. The fourth-order valence-electron chi connectivity index (χ4n) is 1.28. The molecular formula is C11H12N4O2. The van der Waals surface area contributed by atoms with Crippen molar-refractivity contribution >= 4 is 11.6 Å². The summed E-state index contributed by atoms with van der Waals surface area (Å²) in [5, 5.41) is 6.53. The van der Waals surface area contributed by atoms with Gasteiger partial charge in [0.05, 0.1) is 6.54 Å². The van der Waals surface area contributed by atoms with Gasteiger partial charge in [-0.2, -0.15) is 4.98 Å². The molecule has 0 aliphatic heterocycles. The van der Waals surface area contributed by atoms with Gasteiger partial charge in [0.15, 0.2) is 0 Å². The van der Waals surface area contributed by atoms with Crippen LogP contribution in [0.4, 0.5) is 5.69 Å². The number of nitrogens with one attached hydrogen (secondary N) is 1. The summed E-state index contributed by atoms with van der Waals surface area (Å²) in [7, 11) is 0. The summed E-state index contributed by atoms with van der Waals surface area (Å²) in [6, 6.07) is 7.87. The number of nitrogens with two attached hydrogens (primary N) is 1. The summed E-state index contributed by atoms with van der Waals surface area (Å²) in [5.41, 5.74) is 7.13. The molecule has 0 aliphatic rings. The number of benzene rings is 1. The van der Waals surface area contributed by atoms with E-state index in [1.807, 2.05) is 31.2 Å². The Morgan fingerprint density at radius 1 is 1.41 bits per heavy atom. The van der Waals surface area contributed by atoms with Crippen molar-refractivity contribution in [1.29, 1.82) is 0 Å². The molecule has 1 heterocycles. The smallest absolute Gasteiger partial charge is 0.290 e. The van der Waals surface area contributed by atoms with E-state index in [4.69, 9.17) is 10.3 Å². The Labute approximate surface area is 97.8 Å². The SMILES string of the molecule is Cc1ccc(NCc2nc(C(N)=O)no2)cc1. The minimum atomic E-state index is -0.699. The lowest BCUT2D eigenvalue weighted by Crippen LogP contribution is -2.13. The maximum atomic E-state index is 10.7. The fourth-order valence-corrected chi connectivity index (χ4v) is 1.28. The molecular weight excluding hydrogens is 220 g/mol. The van der Waals surface area contributed by atoms with E-state index in [-0.39, 0.29) is 5.82 Å². The number of nitrogens with zero attached hydrogens (tertiary/aromatic N) is 2. The highest BCUT2D eigenvalue weighted by Gasteiger charge is 2.10. The fraction of sp³-hybridized carbons (Fsp3) is 0.182. The van der Waals surface area contributed by atoms with E-state index < -0.39 is 5.91 Å². The number of aryl methyl sites for hydroxylation is 1. The second-order valence-electron chi connectivity index (χ2n) is 3.60. The Kier molecular flexibility index (Phi) is 3.04. The molecule has 0 saturated heterocycles. The molecule has 0 atom stereocenters. The molecule has 3 N–H and O–H groups in total. The van der Waals surface area contributed by atoms with Gasteiger partial charge in [-0.3, -0.25) is 4.79 Å². The quantitative estimate of drug-likeness (QED) is 0.822. The Morgan fingerprint density at radius 3 is 2.71 bits per heavy atom. The maximum Gasteiger partial charge on any atom is 0.290 e. The van der Waals surface area contributed by atoms with E-state index in [9.17, 15) is 4.79 Å². The average molecular weight is 232 g/mol. The first-order valence-corrected chi connectivity index (χ1v) is 5.08. The van der Waals surface area contributed by atoms with Crippen LogP contribution < -0.4 is 11.1 Å². The molecule has 0 radical (unpaired) electrons. The van der Waals surface area contributed by atoms with Gasteiger partial charge in [-0.05, 0) is 19.1 Å². The van der Waals surface area contributed by atoms with Crippen LogP contribution in [0.15, 0.2) is 28.8 Å². The molecule has 6 nitrogen and oxygen atoms in total. The number of rotatable bonds is 4. The summed E-state index contributed by atoms with van der Waals surface area (Å²) >= 11 is 0. The molecule has 2 aromatic rings. The van der Waals surface area contributed by atoms with Crippen molar-refractivity contribution in [3.8, 4) is 0 Å². The highest BCUT2D eigenvalue weighted by atomic mass is 16.5. The summed E-state index contributed by atoms with van der Waals surface area (Å²) in [4.78, 5) is 14.6. The van der Waals surface area contributed by atoms with E-state index in [1.54, 1.807) is 0 Å². The number of primary amides is 1. The number of aromatic nitrogens is 2. The minimum Gasteiger partial charge on any atom is -0.376 e. The van der Waals surface area contributed by atoms with Crippen LogP contribution in [0.1, 0.15) is 22.1 Å². The molecule has 0 spiro atoms. The topological polar surface area (TPSA) is 94.0 Å². The first-order chi connectivity index (χ1) is 8.15. The van der Waals surface area contributed by atoms with Crippen LogP contribution in [-0.2, 0) is 6.54 Å². The van der Waals surface area contributed by atoms with Crippen molar-refractivity contribution in [3.05, 3.63) is 41.5 Å². The zero-order chi connectivity index (χ0) is 12.3. The second kappa shape index (κ2) is 4.65. The van der Waals surface area contributed by atoms with Crippen LogP contribution in [0.25, 0.3) is 0 Å². The largest absolute Gasteiger partial charge is 0.376 e. The Morgan fingerprint density at radius 2 is 2.12 bits per heavy atom. The molecule has 0 aliphatic carbocycles. The molecule has 0 saturated carbocycles.